The van der Waals surface area contributed by atoms with Gasteiger partial charge in [-0.2, -0.15) is 5.10 Å². The van der Waals surface area contributed by atoms with Crippen molar-refractivity contribution < 1.29 is 14.6 Å². The molecule has 0 aliphatic carbocycles. The molecule has 30 heavy (non-hydrogen) atoms. The highest BCUT2D eigenvalue weighted by molar-refractivity contribution is 6.01. The van der Waals surface area contributed by atoms with Gasteiger partial charge in [-0.3, -0.25) is 4.79 Å². The van der Waals surface area contributed by atoms with Gasteiger partial charge in [0.1, 0.15) is 11.5 Å². The summed E-state index contributed by atoms with van der Waals surface area (Å²) in [6, 6.07) is 22.8. The van der Waals surface area contributed by atoms with Crippen LogP contribution in [0, 0.1) is 0 Å². The number of phenols is 1. The summed E-state index contributed by atoms with van der Waals surface area (Å²) in [5.41, 5.74) is 5.77. The smallest absolute Gasteiger partial charge is 0.275 e. The van der Waals surface area contributed by atoms with Crippen LogP contribution in [0.5, 0.6) is 11.5 Å². The van der Waals surface area contributed by atoms with E-state index in [9.17, 15) is 9.90 Å². The number of aromatic nitrogens is 1. The maximum absolute atomic E-state index is 12.3. The zero-order valence-corrected chi connectivity index (χ0v) is 16.4. The van der Waals surface area contributed by atoms with Crippen molar-refractivity contribution in [2.75, 3.05) is 7.11 Å². The Balaban J connectivity index is 1.55. The van der Waals surface area contributed by atoms with E-state index in [0.717, 1.165) is 23.0 Å². The first-order valence-corrected chi connectivity index (χ1v) is 9.48. The van der Waals surface area contributed by atoms with Crippen molar-refractivity contribution in [1.29, 1.82) is 0 Å². The van der Waals surface area contributed by atoms with E-state index in [2.05, 4.69) is 33.3 Å². The second-order valence-corrected chi connectivity index (χ2v) is 6.80. The summed E-state index contributed by atoms with van der Waals surface area (Å²) in [6.07, 6.45) is 3.63. The second-order valence-electron chi connectivity index (χ2n) is 6.80. The van der Waals surface area contributed by atoms with Crippen molar-refractivity contribution in [3.8, 4) is 11.5 Å². The number of hydrogen-bond acceptors (Lipinski definition) is 4. The number of fused-ring (bicyclic) bond motifs is 1. The number of amides is 1. The number of benzene rings is 3. The van der Waals surface area contributed by atoms with E-state index in [1.807, 2.05) is 42.6 Å². The predicted molar refractivity (Wildman–Crippen MR) is 117 cm³/mol. The van der Waals surface area contributed by atoms with Crippen molar-refractivity contribution in [3.05, 3.63) is 95.7 Å². The molecule has 4 rings (SSSR count). The molecule has 1 amide bonds. The van der Waals surface area contributed by atoms with Gasteiger partial charge in [0.25, 0.3) is 5.91 Å². The van der Waals surface area contributed by atoms with Crippen LogP contribution in [0.15, 0.2) is 84.1 Å². The van der Waals surface area contributed by atoms with Crippen LogP contribution in [-0.2, 0) is 6.54 Å². The number of hydrazone groups is 1. The fraction of sp³-hybridized carbons (Fsp3) is 0.0833. The molecular weight excluding hydrogens is 378 g/mol. The van der Waals surface area contributed by atoms with E-state index in [-0.39, 0.29) is 11.3 Å². The molecule has 6 heteroatoms. The van der Waals surface area contributed by atoms with Crippen LogP contribution in [-0.4, -0.2) is 28.9 Å². The fourth-order valence-corrected chi connectivity index (χ4v) is 3.34. The van der Waals surface area contributed by atoms with Gasteiger partial charge in [0.05, 0.1) is 18.9 Å². The summed E-state index contributed by atoms with van der Waals surface area (Å²) in [7, 11) is 1.49. The Bertz CT molecular complexity index is 1210. The largest absolute Gasteiger partial charge is 0.507 e. The van der Waals surface area contributed by atoms with E-state index in [1.165, 1.54) is 24.8 Å². The van der Waals surface area contributed by atoms with Crippen molar-refractivity contribution in [3.63, 3.8) is 0 Å². The highest BCUT2D eigenvalue weighted by Gasteiger charge is 2.12. The summed E-state index contributed by atoms with van der Waals surface area (Å²) in [5.74, 6) is -0.195. The molecule has 0 saturated heterocycles. The maximum Gasteiger partial charge on any atom is 0.275 e. The number of carbonyl (C=O) groups is 1. The van der Waals surface area contributed by atoms with Crippen LogP contribution >= 0.6 is 0 Å². The predicted octanol–water partition coefficient (Wildman–Crippen LogP) is 4.17. The first-order valence-electron chi connectivity index (χ1n) is 9.48. The normalized spacial score (nSPS) is 11.1. The van der Waals surface area contributed by atoms with Gasteiger partial charge < -0.3 is 14.4 Å². The summed E-state index contributed by atoms with van der Waals surface area (Å²) >= 11 is 0. The van der Waals surface area contributed by atoms with Gasteiger partial charge in [0.15, 0.2) is 0 Å². The van der Waals surface area contributed by atoms with Crippen LogP contribution in [0.25, 0.3) is 10.9 Å². The lowest BCUT2D eigenvalue weighted by Gasteiger charge is -2.05. The van der Waals surface area contributed by atoms with E-state index < -0.39 is 5.91 Å². The Kier molecular flexibility index (Phi) is 5.48. The number of nitrogens with zero attached hydrogens (tertiary/aromatic N) is 2. The first-order chi connectivity index (χ1) is 14.7. The zero-order chi connectivity index (χ0) is 20.9. The van der Waals surface area contributed by atoms with E-state index in [0.29, 0.717) is 5.75 Å². The molecule has 0 saturated carbocycles. The minimum Gasteiger partial charge on any atom is -0.507 e. The number of nitrogens with one attached hydrogen (secondary N) is 1. The summed E-state index contributed by atoms with van der Waals surface area (Å²) in [5, 5.41) is 15.1. The van der Waals surface area contributed by atoms with Gasteiger partial charge in [-0.05, 0) is 23.8 Å². The van der Waals surface area contributed by atoms with Crippen LogP contribution in [0.4, 0.5) is 0 Å². The number of para-hydroxylation sites is 1. The SMILES string of the molecule is COc1ccc(C(=O)N/N=C\c2cn(Cc3ccccc3)c3ccccc23)c(O)c1. The van der Waals surface area contributed by atoms with Gasteiger partial charge in [-0.25, -0.2) is 5.43 Å². The molecule has 0 fully saturated rings. The number of aromatic hydroxyl groups is 1. The molecule has 0 bridgehead atoms. The minimum atomic E-state index is -0.501. The van der Waals surface area contributed by atoms with Crippen LogP contribution in [0.2, 0.25) is 0 Å². The maximum atomic E-state index is 12.3. The minimum absolute atomic E-state index is 0.124. The Morgan fingerprint density at radius 1 is 1.10 bits per heavy atom. The summed E-state index contributed by atoms with van der Waals surface area (Å²) in [4.78, 5) is 12.3. The van der Waals surface area contributed by atoms with Crippen molar-refractivity contribution in [1.82, 2.24) is 9.99 Å². The molecule has 0 aliphatic heterocycles. The molecule has 1 heterocycles. The third-order valence-electron chi connectivity index (χ3n) is 4.83. The highest BCUT2D eigenvalue weighted by Crippen LogP contribution is 2.23. The Morgan fingerprint density at radius 3 is 2.63 bits per heavy atom. The molecule has 0 aliphatic rings. The lowest BCUT2D eigenvalue weighted by molar-refractivity contribution is 0.0952. The number of carbonyl (C=O) groups excluding carboxylic acids is 1. The number of rotatable bonds is 6. The van der Waals surface area contributed by atoms with Gasteiger partial charge >= 0.3 is 0 Å². The van der Waals surface area contributed by atoms with Gasteiger partial charge in [0, 0.05) is 35.3 Å². The molecule has 2 N–H and O–H groups in total. The summed E-state index contributed by atoms with van der Waals surface area (Å²) in [6.45, 7) is 0.737. The van der Waals surface area contributed by atoms with E-state index in [1.54, 1.807) is 12.3 Å². The van der Waals surface area contributed by atoms with Crippen LogP contribution in [0.3, 0.4) is 0 Å². The highest BCUT2D eigenvalue weighted by atomic mass is 16.5. The standard InChI is InChI=1S/C24H21N3O3/c1-30-19-11-12-21(23(28)13-19)24(29)26-25-14-18-16-27(15-17-7-3-2-4-8-17)22-10-6-5-9-20(18)22/h2-14,16,28H,15H2,1H3,(H,26,29)/b25-14-. The molecule has 0 radical (unpaired) electrons. The van der Waals surface area contributed by atoms with Crippen molar-refractivity contribution in [2.24, 2.45) is 5.10 Å². The molecular formula is C24H21N3O3. The van der Waals surface area contributed by atoms with E-state index in [4.69, 9.17) is 4.74 Å². The molecule has 4 aromatic rings. The number of hydrogen-bond donors (Lipinski definition) is 2. The van der Waals surface area contributed by atoms with Crippen LogP contribution in [0.1, 0.15) is 21.5 Å². The molecule has 150 valence electrons. The van der Waals surface area contributed by atoms with E-state index >= 15 is 0 Å². The van der Waals surface area contributed by atoms with Gasteiger partial charge in [-0.1, -0.05) is 48.5 Å². The molecule has 0 atom stereocenters. The molecule has 3 aromatic carbocycles. The quantitative estimate of drug-likeness (QED) is 0.377. The summed E-state index contributed by atoms with van der Waals surface area (Å²) < 4.78 is 7.19. The Morgan fingerprint density at radius 2 is 1.87 bits per heavy atom. The first kappa shape index (κ1) is 19.3. The second kappa shape index (κ2) is 8.53. The van der Waals surface area contributed by atoms with Crippen molar-refractivity contribution >= 4 is 23.0 Å². The zero-order valence-electron chi connectivity index (χ0n) is 16.4. The molecule has 0 spiro atoms. The third kappa shape index (κ3) is 4.03. The molecule has 1 aromatic heterocycles. The van der Waals surface area contributed by atoms with Crippen LogP contribution < -0.4 is 10.2 Å². The van der Waals surface area contributed by atoms with Crippen molar-refractivity contribution in [2.45, 2.75) is 6.54 Å². The number of phenolic OH excluding ortho intramolecular Hbond substituents is 1. The lowest BCUT2D eigenvalue weighted by atomic mass is 10.2. The monoisotopic (exact) mass is 399 g/mol. The fourth-order valence-electron chi connectivity index (χ4n) is 3.34. The average molecular weight is 399 g/mol. The number of ether oxygens (including phenoxy) is 1. The molecule has 0 unspecified atom stereocenters. The Labute approximate surface area is 174 Å². The lowest BCUT2D eigenvalue weighted by Crippen LogP contribution is -2.17. The topological polar surface area (TPSA) is 75.8 Å². The number of methoxy groups -OCH3 is 1. The van der Waals surface area contributed by atoms with Gasteiger partial charge in [0.2, 0.25) is 0 Å². The van der Waals surface area contributed by atoms with Gasteiger partial charge in [-0.15, -0.1) is 0 Å². The third-order valence-corrected chi connectivity index (χ3v) is 4.83. The Hall–Kier alpha value is -4.06. The average Bonchev–Trinajstić information content (AvgIpc) is 3.11. The molecule has 6 nitrogen and oxygen atoms in total.